The molecule has 0 aliphatic carbocycles. The van der Waals surface area contributed by atoms with Gasteiger partial charge < -0.3 is 4.74 Å². The number of esters is 1. The highest BCUT2D eigenvalue weighted by Gasteiger charge is 2.35. The van der Waals surface area contributed by atoms with Gasteiger partial charge in [-0.2, -0.15) is 13.2 Å². The zero-order valence-electron chi connectivity index (χ0n) is 11.1. The fourth-order valence-corrected chi connectivity index (χ4v) is 1.68. The van der Waals surface area contributed by atoms with Gasteiger partial charge in [0.15, 0.2) is 0 Å². The molecule has 1 aromatic carbocycles. The maximum Gasteiger partial charge on any atom is 0.419 e. The first-order valence-corrected chi connectivity index (χ1v) is 6.40. The molecular weight excluding hydrogens is 276 g/mol. The van der Waals surface area contributed by atoms with Crippen molar-refractivity contribution in [3.63, 3.8) is 0 Å². The van der Waals surface area contributed by atoms with E-state index in [1.807, 2.05) is 6.92 Å². The van der Waals surface area contributed by atoms with Crippen LogP contribution >= 0.6 is 0 Å². The molecule has 0 heterocycles. The SMILES string of the molecule is CCCCCCOC(=O)c1cccc(C(F)(F)F)c1F. The number of carbonyl (C=O) groups is 1. The number of hydrogen-bond donors (Lipinski definition) is 0. The van der Waals surface area contributed by atoms with Gasteiger partial charge >= 0.3 is 12.1 Å². The van der Waals surface area contributed by atoms with Crippen molar-refractivity contribution in [2.75, 3.05) is 6.61 Å². The standard InChI is InChI=1S/C14H16F4O2/c1-2-3-4-5-9-20-13(19)10-7-6-8-11(12(10)15)14(16,17)18/h6-8H,2-5,9H2,1H3. The molecule has 0 spiro atoms. The first-order chi connectivity index (χ1) is 9.38. The minimum Gasteiger partial charge on any atom is -0.462 e. The third kappa shape index (κ3) is 4.51. The minimum atomic E-state index is -4.83. The largest absolute Gasteiger partial charge is 0.462 e. The van der Waals surface area contributed by atoms with Crippen molar-refractivity contribution in [1.82, 2.24) is 0 Å². The van der Waals surface area contributed by atoms with Crippen molar-refractivity contribution in [3.05, 3.63) is 35.1 Å². The number of carbonyl (C=O) groups excluding carboxylic acids is 1. The quantitative estimate of drug-likeness (QED) is 0.436. The fraction of sp³-hybridized carbons (Fsp3) is 0.500. The van der Waals surface area contributed by atoms with Crippen LogP contribution in [0.15, 0.2) is 18.2 Å². The number of halogens is 4. The second-order valence-electron chi connectivity index (χ2n) is 4.36. The van der Waals surface area contributed by atoms with E-state index in [-0.39, 0.29) is 6.61 Å². The van der Waals surface area contributed by atoms with Crippen LogP contribution in [0.2, 0.25) is 0 Å². The maximum atomic E-state index is 13.6. The lowest BCUT2D eigenvalue weighted by Gasteiger charge is -2.11. The third-order valence-corrected chi connectivity index (χ3v) is 2.76. The van der Waals surface area contributed by atoms with Gasteiger partial charge in [-0.1, -0.05) is 32.3 Å². The van der Waals surface area contributed by atoms with Crippen molar-refractivity contribution in [2.24, 2.45) is 0 Å². The van der Waals surface area contributed by atoms with Crippen LogP contribution in [0.4, 0.5) is 17.6 Å². The molecule has 6 heteroatoms. The molecule has 0 N–H and O–H groups in total. The third-order valence-electron chi connectivity index (χ3n) is 2.76. The minimum absolute atomic E-state index is 0.0779. The van der Waals surface area contributed by atoms with Crippen LogP contribution in [0.25, 0.3) is 0 Å². The molecule has 0 fully saturated rings. The first-order valence-electron chi connectivity index (χ1n) is 6.40. The Morgan fingerprint density at radius 3 is 2.50 bits per heavy atom. The molecule has 0 aliphatic heterocycles. The van der Waals surface area contributed by atoms with Crippen LogP contribution < -0.4 is 0 Å². The normalized spacial score (nSPS) is 11.4. The van der Waals surface area contributed by atoms with Gasteiger partial charge in [0.1, 0.15) is 5.82 Å². The van der Waals surface area contributed by atoms with Gasteiger partial charge in [0.25, 0.3) is 0 Å². The van der Waals surface area contributed by atoms with Crippen LogP contribution in [-0.2, 0) is 10.9 Å². The number of unbranched alkanes of at least 4 members (excludes halogenated alkanes) is 3. The fourth-order valence-electron chi connectivity index (χ4n) is 1.68. The molecule has 1 rings (SSSR count). The zero-order valence-corrected chi connectivity index (χ0v) is 11.1. The molecule has 0 saturated carbocycles. The summed E-state index contributed by atoms with van der Waals surface area (Å²) >= 11 is 0. The summed E-state index contributed by atoms with van der Waals surface area (Å²) in [5.41, 5.74) is -2.15. The molecule has 0 unspecified atom stereocenters. The maximum absolute atomic E-state index is 13.6. The molecule has 112 valence electrons. The van der Waals surface area contributed by atoms with Gasteiger partial charge in [0.2, 0.25) is 0 Å². The van der Waals surface area contributed by atoms with E-state index in [1.54, 1.807) is 0 Å². The van der Waals surface area contributed by atoms with Gasteiger partial charge in [-0.25, -0.2) is 9.18 Å². The first kappa shape index (κ1) is 16.5. The number of benzene rings is 1. The second kappa shape index (κ2) is 7.26. The Kier molecular flexibility index (Phi) is 5.98. The van der Waals surface area contributed by atoms with E-state index >= 15 is 0 Å². The summed E-state index contributed by atoms with van der Waals surface area (Å²) in [6, 6.07) is 2.56. The Hall–Kier alpha value is -1.59. The van der Waals surface area contributed by atoms with Crippen LogP contribution in [-0.4, -0.2) is 12.6 Å². The summed E-state index contributed by atoms with van der Waals surface area (Å²) in [6.07, 6.45) is -1.37. The van der Waals surface area contributed by atoms with E-state index in [0.717, 1.165) is 31.4 Å². The summed E-state index contributed by atoms with van der Waals surface area (Å²) < 4.78 is 55.9. The number of ether oxygens (including phenoxy) is 1. The van der Waals surface area contributed by atoms with Gasteiger partial charge in [-0.05, 0) is 18.6 Å². The van der Waals surface area contributed by atoms with E-state index in [4.69, 9.17) is 4.74 Å². The molecule has 0 atom stereocenters. The lowest BCUT2D eigenvalue weighted by atomic mass is 10.1. The second-order valence-corrected chi connectivity index (χ2v) is 4.36. The Labute approximate surface area is 114 Å². The van der Waals surface area contributed by atoms with Crippen LogP contribution in [0.3, 0.4) is 0 Å². The van der Waals surface area contributed by atoms with Crippen LogP contribution in [0.1, 0.15) is 48.5 Å². The van der Waals surface area contributed by atoms with Gasteiger partial charge in [0.05, 0.1) is 17.7 Å². The predicted octanol–water partition coefficient (Wildman–Crippen LogP) is 4.58. The Balaban J connectivity index is 2.69. The smallest absolute Gasteiger partial charge is 0.419 e. The Morgan fingerprint density at radius 1 is 1.20 bits per heavy atom. The molecule has 0 aliphatic rings. The lowest BCUT2D eigenvalue weighted by Crippen LogP contribution is -2.14. The molecule has 0 saturated heterocycles. The zero-order chi connectivity index (χ0) is 15.2. The molecule has 0 aromatic heterocycles. The Morgan fingerprint density at radius 2 is 1.90 bits per heavy atom. The van der Waals surface area contributed by atoms with E-state index in [2.05, 4.69) is 0 Å². The van der Waals surface area contributed by atoms with Crippen molar-refractivity contribution in [2.45, 2.75) is 38.8 Å². The van der Waals surface area contributed by atoms with Crippen LogP contribution in [0.5, 0.6) is 0 Å². The number of rotatable bonds is 6. The van der Waals surface area contributed by atoms with Gasteiger partial charge in [0, 0.05) is 0 Å². The average Bonchev–Trinajstić information content (AvgIpc) is 2.37. The molecule has 1 aromatic rings. The summed E-state index contributed by atoms with van der Waals surface area (Å²) in [4.78, 5) is 11.5. The highest BCUT2D eigenvalue weighted by atomic mass is 19.4. The molecule has 2 nitrogen and oxygen atoms in total. The molecular formula is C14H16F4O2. The highest BCUT2D eigenvalue weighted by molar-refractivity contribution is 5.90. The average molecular weight is 292 g/mol. The molecule has 0 bridgehead atoms. The summed E-state index contributed by atoms with van der Waals surface area (Å²) in [5.74, 6) is -2.65. The number of hydrogen-bond acceptors (Lipinski definition) is 2. The van der Waals surface area contributed by atoms with Crippen molar-refractivity contribution in [3.8, 4) is 0 Å². The highest BCUT2D eigenvalue weighted by Crippen LogP contribution is 2.32. The van der Waals surface area contributed by atoms with E-state index < -0.39 is 29.1 Å². The Bertz CT molecular complexity index is 455. The van der Waals surface area contributed by atoms with Crippen molar-refractivity contribution >= 4 is 5.97 Å². The molecule has 0 radical (unpaired) electrons. The van der Waals surface area contributed by atoms with Crippen molar-refractivity contribution in [1.29, 1.82) is 0 Å². The van der Waals surface area contributed by atoms with Crippen LogP contribution in [0, 0.1) is 5.82 Å². The summed E-state index contributed by atoms with van der Waals surface area (Å²) in [6.45, 7) is 2.10. The van der Waals surface area contributed by atoms with E-state index in [9.17, 15) is 22.4 Å². The van der Waals surface area contributed by atoms with Gasteiger partial charge in [-0.15, -0.1) is 0 Å². The predicted molar refractivity (Wildman–Crippen MR) is 65.8 cm³/mol. The van der Waals surface area contributed by atoms with E-state index in [1.165, 1.54) is 0 Å². The topological polar surface area (TPSA) is 26.3 Å². The molecule has 20 heavy (non-hydrogen) atoms. The number of alkyl halides is 3. The summed E-state index contributed by atoms with van der Waals surface area (Å²) in [7, 11) is 0. The van der Waals surface area contributed by atoms with Gasteiger partial charge in [-0.3, -0.25) is 0 Å². The van der Waals surface area contributed by atoms with E-state index in [0.29, 0.717) is 12.5 Å². The molecule has 0 amide bonds. The summed E-state index contributed by atoms with van der Waals surface area (Å²) in [5, 5.41) is 0. The van der Waals surface area contributed by atoms with Crippen molar-refractivity contribution < 1.29 is 27.1 Å². The lowest BCUT2D eigenvalue weighted by molar-refractivity contribution is -0.140. The monoisotopic (exact) mass is 292 g/mol.